The van der Waals surface area contributed by atoms with Crippen LogP contribution in [0.4, 0.5) is 0 Å². The first-order chi connectivity index (χ1) is 16.0. The second kappa shape index (κ2) is 4.75. The zero-order valence-electron chi connectivity index (χ0n) is 16.6. The lowest BCUT2D eigenvalue weighted by Gasteiger charge is -2.18. The fourth-order valence-corrected chi connectivity index (χ4v) is 6.47. The zero-order chi connectivity index (χ0) is 22.9. The molecule has 0 unspecified atom stereocenters. The normalized spacial score (nSPS) is 17.6. The Kier molecular flexibility index (Phi) is 2.49. The highest BCUT2D eigenvalue weighted by atomic mass is 14.6. The molecule has 33 heavy (non-hydrogen) atoms. The number of hydrogen-bond donors (Lipinski definition) is 0. The minimum atomic E-state index is -1.56. The SMILES string of the molecule is N#CC1(C#N)c2ccc3c4c2c2c1ccc1c2c2c(ccc(c42)C3(C#N)C#N)C1(C#N)C#N. The van der Waals surface area contributed by atoms with Crippen LogP contribution in [0.25, 0.3) is 32.3 Å². The van der Waals surface area contributed by atoms with Gasteiger partial charge in [-0.25, -0.2) is 0 Å². The van der Waals surface area contributed by atoms with E-state index >= 15 is 0 Å². The van der Waals surface area contributed by atoms with Gasteiger partial charge in [0.25, 0.3) is 0 Å². The Labute approximate surface area is 186 Å². The molecule has 0 bridgehead atoms. The van der Waals surface area contributed by atoms with Gasteiger partial charge in [0.05, 0.1) is 36.4 Å². The van der Waals surface area contributed by atoms with E-state index < -0.39 is 16.2 Å². The highest BCUT2D eigenvalue weighted by Gasteiger charge is 2.54. The van der Waals surface area contributed by atoms with Gasteiger partial charge in [0.1, 0.15) is 0 Å². The first-order valence-electron chi connectivity index (χ1n) is 10.1. The van der Waals surface area contributed by atoms with Gasteiger partial charge >= 0.3 is 0 Å². The minimum Gasteiger partial charge on any atom is -0.196 e. The second-order valence-corrected chi connectivity index (χ2v) is 8.65. The van der Waals surface area contributed by atoms with E-state index in [2.05, 4.69) is 36.4 Å². The summed E-state index contributed by atoms with van der Waals surface area (Å²) in [6, 6.07) is 23.2. The maximum absolute atomic E-state index is 10.2. The number of nitriles is 6. The van der Waals surface area contributed by atoms with Crippen LogP contribution in [0.5, 0.6) is 0 Å². The Balaban J connectivity index is 1.95. The molecule has 7 rings (SSSR count). The molecule has 0 fully saturated rings. The Bertz CT molecular complexity index is 1600. The third-order valence-corrected chi connectivity index (χ3v) is 7.80. The van der Waals surface area contributed by atoms with Crippen molar-refractivity contribution in [2.75, 3.05) is 0 Å². The lowest BCUT2D eigenvalue weighted by molar-refractivity contribution is 0.868. The Morgan fingerprint density at radius 3 is 0.606 bits per heavy atom. The van der Waals surface area contributed by atoms with Crippen LogP contribution in [0.2, 0.25) is 0 Å². The van der Waals surface area contributed by atoms with Gasteiger partial charge in [-0.2, -0.15) is 31.6 Å². The molecule has 144 valence electrons. The molecule has 0 N–H and O–H groups in total. The number of hydrogen-bond acceptors (Lipinski definition) is 6. The van der Waals surface area contributed by atoms with Gasteiger partial charge in [-0.05, 0) is 65.7 Å². The van der Waals surface area contributed by atoms with E-state index in [9.17, 15) is 31.6 Å². The van der Waals surface area contributed by atoms with Crippen molar-refractivity contribution in [2.24, 2.45) is 0 Å². The van der Waals surface area contributed by atoms with Gasteiger partial charge in [0.2, 0.25) is 0 Å². The average molecular weight is 414 g/mol. The smallest absolute Gasteiger partial charge is 0.194 e. The Morgan fingerprint density at radius 1 is 0.333 bits per heavy atom. The molecule has 0 radical (unpaired) electrons. The van der Waals surface area contributed by atoms with Gasteiger partial charge in [0.15, 0.2) is 16.2 Å². The van der Waals surface area contributed by atoms with Crippen LogP contribution >= 0.6 is 0 Å². The molecule has 0 aromatic heterocycles. The molecule has 6 heteroatoms. The van der Waals surface area contributed by atoms with Gasteiger partial charge in [-0.1, -0.05) is 36.4 Å². The first-order valence-corrected chi connectivity index (χ1v) is 10.1. The summed E-state index contributed by atoms with van der Waals surface area (Å²) in [6.07, 6.45) is 0. The molecule has 0 saturated carbocycles. The second-order valence-electron chi connectivity index (χ2n) is 8.65. The van der Waals surface area contributed by atoms with E-state index in [1.54, 1.807) is 36.4 Å². The lowest BCUT2D eigenvalue weighted by Crippen LogP contribution is -2.22. The van der Waals surface area contributed by atoms with Gasteiger partial charge < -0.3 is 0 Å². The Morgan fingerprint density at radius 2 is 0.485 bits per heavy atom. The van der Waals surface area contributed by atoms with Gasteiger partial charge in [-0.3, -0.25) is 0 Å². The highest BCUT2D eigenvalue weighted by Crippen LogP contribution is 2.62. The summed E-state index contributed by atoms with van der Waals surface area (Å²) in [5.74, 6) is 0. The molecule has 3 aliphatic carbocycles. The van der Waals surface area contributed by atoms with E-state index in [4.69, 9.17) is 0 Å². The molecule has 4 aromatic carbocycles. The summed E-state index contributed by atoms with van der Waals surface area (Å²) in [6.45, 7) is 0. The predicted molar refractivity (Wildman–Crippen MR) is 115 cm³/mol. The van der Waals surface area contributed by atoms with Crippen LogP contribution in [-0.2, 0) is 16.2 Å². The molecule has 0 amide bonds. The van der Waals surface area contributed by atoms with E-state index in [0.717, 1.165) is 0 Å². The van der Waals surface area contributed by atoms with Crippen LogP contribution in [0, 0.1) is 68.0 Å². The van der Waals surface area contributed by atoms with Crippen molar-refractivity contribution < 1.29 is 0 Å². The Hall–Kier alpha value is -5.40. The molecule has 6 nitrogen and oxygen atoms in total. The van der Waals surface area contributed by atoms with Gasteiger partial charge in [-0.15, -0.1) is 0 Å². The van der Waals surface area contributed by atoms with Crippen LogP contribution in [0.1, 0.15) is 33.4 Å². The van der Waals surface area contributed by atoms with E-state index in [0.29, 0.717) is 65.7 Å². The predicted octanol–water partition coefficient (Wildman–Crippen LogP) is 4.09. The molecular weight excluding hydrogens is 408 g/mol. The van der Waals surface area contributed by atoms with Crippen LogP contribution in [0.15, 0.2) is 36.4 Å². The zero-order valence-corrected chi connectivity index (χ0v) is 16.6. The van der Waals surface area contributed by atoms with Gasteiger partial charge in [0, 0.05) is 0 Å². The van der Waals surface area contributed by atoms with Crippen LogP contribution in [-0.4, -0.2) is 0 Å². The van der Waals surface area contributed by atoms with Crippen molar-refractivity contribution in [3.63, 3.8) is 0 Å². The van der Waals surface area contributed by atoms with Crippen molar-refractivity contribution in [3.8, 4) is 36.4 Å². The molecule has 0 aliphatic heterocycles. The third kappa shape index (κ3) is 1.29. The molecule has 0 spiro atoms. The number of nitrogens with zero attached hydrogens (tertiary/aromatic N) is 6. The van der Waals surface area contributed by atoms with Crippen LogP contribution in [0.3, 0.4) is 0 Å². The monoisotopic (exact) mass is 414 g/mol. The minimum absolute atomic E-state index is 0.509. The van der Waals surface area contributed by atoms with Crippen LogP contribution < -0.4 is 0 Å². The number of benzene rings is 4. The molecule has 4 aromatic rings. The quantitative estimate of drug-likeness (QED) is 0.397. The summed E-state index contributed by atoms with van der Waals surface area (Å²) in [4.78, 5) is 0. The molecule has 0 heterocycles. The number of rotatable bonds is 0. The molecule has 0 saturated heterocycles. The summed E-state index contributed by atoms with van der Waals surface area (Å²) < 4.78 is 0. The highest BCUT2D eigenvalue weighted by molar-refractivity contribution is 6.35. The molecule has 3 aliphatic rings. The van der Waals surface area contributed by atoms with Crippen molar-refractivity contribution in [1.29, 1.82) is 31.6 Å². The topological polar surface area (TPSA) is 143 Å². The van der Waals surface area contributed by atoms with E-state index in [1.165, 1.54) is 0 Å². The van der Waals surface area contributed by atoms with E-state index in [-0.39, 0.29) is 0 Å². The standard InChI is InChI=1S/C27H6N6/c28-7-25(8-29)13-1-2-14-20-19(13)21-15(25)3-4-17-23(21)24-18(27(17,11-32)12-33)6-5-16(22(20)24)26(14,9-30)10-31/h1-6H. The fraction of sp³-hybridized carbons (Fsp3) is 0.111. The van der Waals surface area contributed by atoms with Crippen molar-refractivity contribution >= 4 is 32.3 Å². The summed E-state index contributed by atoms with van der Waals surface area (Å²) in [7, 11) is 0. The molecular formula is C27H6N6. The van der Waals surface area contributed by atoms with E-state index in [1.807, 2.05) is 0 Å². The summed E-state index contributed by atoms with van der Waals surface area (Å²) in [5, 5.41) is 65.2. The summed E-state index contributed by atoms with van der Waals surface area (Å²) in [5.41, 5.74) is -1.64. The maximum Gasteiger partial charge on any atom is 0.194 e. The summed E-state index contributed by atoms with van der Waals surface area (Å²) >= 11 is 0. The maximum atomic E-state index is 10.2. The average Bonchev–Trinajstić information content (AvgIpc) is 3.43. The lowest BCUT2D eigenvalue weighted by atomic mass is 9.77. The third-order valence-electron chi connectivity index (χ3n) is 7.80. The van der Waals surface area contributed by atoms with Crippen molar-refractivity contribution in [1.82, 2.24) is 0 Å². The van der Waals surface area contributed by atoms with Crippen molar-refractivity contribution in [2.45, 2.75) is 16.2 Å². The van der Waals surface area contributed by atoms with Crippen molar-refractivity contribution in [3.05, 3.63) is 69.8 Å². The largest absolute Gasteiger partial charge is 0.196 e. The first kappa shape index (κ1) is 17.3. The molecule has 0 atom stereocenters. The fourth-order valence-electron chi connectivity index (χ4n) is 6.47.